The smallest absolute Gasteiger partial charge is 0.210 e. The van der Waals surface area contributed by atoms with E-state index >= 15 is 0 Å². The van der Waals surface area contributed by atoms with Gasteiger partial charge < -0.3 is 10.1 Å². The van der Waals surface area contributed by atoms with E-state index in [1.54, 1.807) is 0 Å². The van der Waals surface area contributed by atoms with Crippen LogP contribution in [0.5, 0.6) is 0 Å². The lowest BCUT2D eigenvalue weighted by Gasteiger charge is -2.26. The van der Waals surface area contributed by atoms with Crippen LogP contribution in [-0.2, 0) is 4.74 Å². The average Bonchev–Trinajstić information content (AvgIpc) is 2.52. The number of benzene rings is 1. The van der Waals surface area contributed by atoms with Gasteiger partial charge in [-0.15, -0.1) is 0 Å². The first-order valence-electron chi connectivity index (χ1n) is 7.02. The number of guanidine groups is 1. The molecule has 0 unspecified atom stereocenters. The third-order valence-corrected chi connectivity index (χ3v) is 3.18. The van der Waals surface area contributed by atoms with Gasteiger partial charge in [0.15, 0.2) is 0 Å². The van der Waals surface area contributed by atoms with Crippen LogP contribution in [0.15, 0.2) is 35.3 Å². The molecule has 1 aromatic carbocycles. The molecule has 4 N–H and O–H groups in total. The maximum Gasteiger partial charge on any atom is 0.210 e. The molecule has 1 heterocycles. The number of nitrogens with zero attached hydrogens (tertiary/aromatic N) is 2. The topological polar surface area (TPSA) is 74.9 Å². The second-order valence-corrected chi connectivity index (χ2v) is 4.67. The molecule has 1 aliphatic heterocycles. The summed E-state index contributed by atoms with van der Waals surface area (Å²) in [6, 6.07) is 9.85. The van der Waals surface area contributed by atoms with Gasteiger partial charge in [-0.25, -0.2) is 5.84 Å². The van der Waals surface area contributed by atoms with Crippen molar-refractivity contribution in [3.05, 3.63) is 30.3 Å². The number of nitrogens with two attached hydrogens (primary N) is 1. The van der Waals surface area contributed by atoms with E-state index in [0.29, 0.717) is 5.96 Å². The molecule has 0 bridgehead atoms. The molecular formula is C14H23N5O. The zero-order chi connectivity index (χ0) is 14.0. The zero-order valence-corrected chi connectivity index (χ0v) is 11.7. The number of aliphatic imine (C=N–C) groups is 1. The predicted molar refractivity (Wildman–Crippen MR) is 81.6 cm³/mol. The van der Waals surface area contributed by atoms with E-state index in [4.69, 9.17) is 10.6 Å². The Bertz CT molecular complexity index is 403. The maximum absolute atomic E-state index is 5.48. The van der Waals surface area contributed by atoms with E-state index in [2.05, 4.69) is 20.6 Å². The molecule has 110 valence electrons. The zero-order valence-electron chi connectivity index (χ0n) is 11.7. The first-order chi connectivity index (χ1) is 9.88. The van der Waals surface area contributed by atoms with Gasteiger partial charge in [0, 0.05) is 31.9 Å². The molecule has 6 heteroatoms. The predicted octanol–water partition coefficient (Wildman–Crippen LogP) is 0.640. The molecule has 0 atom stereocenters. The summed E-state index contributed by atoms with van der Waals surface area (Å²) in [7, 11) is 0. The number of hydrogen-bond donors (Lipinski definition) is 3. The number of hydrogen-bond acceptors (Lipinski definition) is 4. The van der Waals surface area contributed by atoms with Crippen LogP contribution in [0.4, 0.5) is 5.69 Å². The molecule has 1 fully saturated rings. The standard InChI is InChI=1S/C14H23N5O/c15-18-14(17-13-5-2-1-3-6-13)16-7-4-8-19-9-11-20-12-10-19/h1-3,5-6H,4,7-12,15H2,(H2,16,17,18). The van der Waals surface area contributed by atoms with E-state index < -0.39 is 0 Å². The van der Waals surface area contributed by atoms with Crippen molar-refractivity contribution in [2.75, 3.05) is 44.7 Å². The van der Waals surface area contributed by atoms with Crippen molar-refractivity contribution >= 4 is 11.6 Å². The van der Waals surface area contributed by atoms with Crippen molar-refractivity contribution in [2.45, 2.75) is 6.42 Å². The van der Waals surface area contributed by atoms with E-state index in [1.165, 1.54) is 0 Å². The molecule has 0 aliphatic carbocycles. The Kier molecular flexibility index (Phi) is 6.30. The van der Waals surface area contributed by atoms with Gasteiger partial charge in [-0.3, -0.25) is 15.3 Å². The van der Waals surface area contributed by atoms with E-state index in [1.807, 2.05) is 30.3 Å². The Morgan fingerprint density at radius 1 is 1.25 bits per heavy atom. The summed E-state index contributed by atoms with van der Waals surface area (Å²) in [6.45, 7) is 5.53. The van der Waals surface area contributed by atoms with Crippen molar-refractivity contribution in [3.63, 3.8) is 0 Å². The highest BCUT2D eigenvalue weighted by molar-refractivity contribution is 5.93. The van der Waals surface area contributed by atoms with E-state index in [-0.39, 0.29) is 0 Å². The fraction of sp³-hybridized carbons (Fsp3) is 0.500. The number of ether oxygens (including phenoxy) is 1. The summed E-state index contributed by atoms with van der Waals surface area (Å²) in [5.74, 6) is 6.07. The Hall–Kier alpha value is -1.63. The lowest BCUT2D eigenvalue weighted by Crippen LogP contribution is -2.38. The summed E-state index contributed by atoms with van der Waals surface area (Å²) in [5, 5.41) is 3.15. The molecule has 6 nitrogen and oxygen atoms in total. The van der Waals surface area contributed by atoms with Crippen LogP contribution in [0.1, 0.15) is 6.42 Å². The van der Waals surface area contributed by atoms with Gasteiger partial charge in [0.1, 0.15) is 0 Å². The Labute approximate surface area is 120 Å². The van der Waals surface area contributed by atoms with Crippen LogP contribution in [-0.4, -0.2) is 50.3 Å². The Morgan fingerprint density at radius 2 is 2.00 bits per heavy atom. The number of anilines is 1. The minimum absolute atomic E-state index is 0.596. The number of hydrazine groups is 1. The Morgan fingerprint density at radius 3 is 2.70 bits per heavy atom. The van der Waals surface area contributed by atoms with Crippen LogP contribution in [0.2, 0.25) is 0 Å². The summed E-state index contributed by atoms with van der Waals surface area (Å²) < 4.78 is 5.32. The summed E-state index contributed by atoms with van der Waals surface area (Å²) in [6.07, 6.45) is 1.02. The van der Waals surface area contributed by atoms with Crippen molar-refractivity contribution in [3.8, 4) is 0 Å². The molecule has 1 saturated heterocycles. The normalized spacial score (nSPS) is 16.9. The lowest BCUT2D eigenvalue weighted by molar-refractivity contribution is 0.0377. The van der Waals surface area contributed by atoms with Crippen LogP contribution >= 0.6 is 0 Å². The van der Waals surface area contributed by atoms with Crippen molar-refractivity contribution in [1.82, 2.24) is 10.3 Å². The van der Waals surface area contributed by atoms with Gasteiger partial charge >= 0.3 is 0 Å². The highest BCUT2D eigenvalue weighted by Crippen LogP contribution is 2.04. The van der Waals surface area contributed by atoms with Gasteiger partial charge in [0.25, 0.3) is 0 Å². The van der Waals surface area contributed by atoms with Gasteiger partial charge in [-0.1, -0.05) is 18.2 Å². The molecule has 0 spiro atoms. The molecular weight excluding hydrogens is 254 g/mol. The van der Waals surface area contributed by atoms with Crippen molar-refractivity contribution in [1.29, 1.82) is 0 Å². The largest absolute Gasteiger partial charge is 0.379 e. The van der Waals surface area contributed by atoms with Crippen molar-refractivity contribution < 1.29 is 4.74 Å². The molecule has 1 aliphatic rings. The van der Waals surface area contributed by atoms with E-state index in [9.17, 15) is 0 Å². The highest BCUT2D eigenvalue weighted by Gasteiger charge is 2.08. The first kappa shape index (κ1) is 14.8. The minimum Gasteiger partial charge on any atom is -0.379 e. The molecule has 1 aromatic rings. The fourth-order valence-electron chi connectivity index (χ4n) is 2.09. The maximum atomic E-state index is 5.48. The second kappa shape index (κ2) is 8.52. The van der Waals surface area contributed by atoms with Gasteiger partial charge in [0.05, 0.1) is 13.2 Å². The second-order valence-electron chi connectivity index (χ2n) is 4.67. The summed E-state index contributed by atoms with van der Waals surface area (Å²) in [4.78, 5) is 6.84. The molecule has 0 radical (unpaired) electrons. The quantitative estimate of drug-likeness (QED) is 0.242. The molecule has 2 rings (SSSR count). The number of para-hydroxylation sites is 1. The Balaban J connectivity index is 1.70. The minimum atomic E-state index is 0.596. The van der Waals surface area contributed by atoms with Gasteiger partial charge in [-0.2, -0.15) is 0 Å². The molecule has 0 saturated carbocycles. The van der Waals surface area contributed by atoms with E-state index in [0.717, 1.165) is 51.5 Å². The monoisotopic (exact) mass is 277 g/mol. The summed E-state index contributed by atoms with van der Waals surface area (Å²) >= 11 is 0. The SMILES string of the molecule is NNC(=NCCCN1CCOCC1)Nc1ccccc1. The first-order valence-corrected chi connectivity index (χ1v) is 7.02. The number of nitrogens with one attached hydrogen (secondary N) is 2. The molecule has 0 aromatic heterocycles. The third kappa shape index (κ3) is 5.16. The third-order valence-electron chi connectivity index (χ3n) is 3.18. The number of rotatable bonds is 5. The summed E-state index contributed by atoms with van der Waals surface area (Å²) in [5.41, 5.74) is 3.56. The highest BCUT2D eigenvalue weighted by atomic mass is 16.5. The molecule has 0 amide bonds. The fourth-order valence-corrected chi connectivity index (χ4v) is 2.09. The van der Waals surface area contributed by atoms with Crippen LogP contribution in [0, 0.1) is 0 Å². The van der Waals surface area contributed by atoms with Crippen molar-refractivity contribution in [2.24, 2.45) is 10.8 Å². The average molecular weight is 277 g/mol. The number of morpholine rings is 1. The van der Waals surface area contributed by atoms with Gasteiger partial charge in [-0.05, 0) is 18.6 Å². The lowest BCUT2D eigenvalue weighted by atomic mass is 10.3. The van der Waals surface area contributed by atoms with Crippen LogP contribution < -0.4 is 16.6 Å². The van der Waals surface area contributed by atoms with Gasteiger partial charge in [0.2, 0.25) is 5.96 Å². The molecule has 20 heavy (non-hydrogen) atoms. The van der Waals surface area contributed by atoms with Crippen LogP contribution in [0.3, 0.4) is 0 Å². The van der Waals surface area contributed by atoms with Crippen LogP contribution in [0.25, 0.3) is 0 Å².